The average molecular weight is 301 g/mol. The third-order valence-electron chi connectivity index (χ3n) is 3.56. The first-order valence-corrected chi connectivity index (χ1v) is 8.33. The molecule has 1 fully saturated rings. The lowest BCUT2D eigenvalue weighted by Gasteiger charge is -2.31. The first kappa shape index (κ1) is 15.4. The summed E-state index contributed by atoms with van der Waals surface area (Å²) >= 11 is 0. The van der Waals surface area contributed by atoms with Crippen molar-refractivity contribution in [2.24, 2.45) is 5.92 Å². The van der Waals surface area contributed by atoms with Crippen LogP contribution in [0.1, 0.15) is 19.4 Å². The molecule has 2 rings (SSSR count). The highest BCUT2D eigenvalue weighted by Gasteiger charge is 2.34. The monoisotopic (exact) mass is 301 g/mol. The van der Waals surface area contributed by atoms with E-state index in [1.807, 2.05) is 13.8 Å². The van der Waals surface area contributed by atoms with Crippen LogP contribution in [0, 0.1) is 11.7 Å². The second-order valence-corrected chi connectivity index (χ2v) is 7.38. The zero-order valence-corrected chi connectivity index (χ0v) is 12.6. The van der Waals surface area contributed by atoms with Crippen LogP contribution in [0.2, 0.25) is 0 Å². The largest absolute Gasteiger partial charge is 0.379 e. The maximum absolute atomic E-state index is 13.8. The minimum atomic E-state index is -3.43. The van der Waals surface area contributed by atoms with Crippen molar-refractivity contribution >= 4 is 10.0 Å². The zero-order valence-electron chi connectivity index (χ0n) is 11.8. The number of hydrogen-bond donors (Lipinski definition) is 0. The van der Waals surface area contributed by atoms with Crippen LogP contribution >= 0.6 is 0 Å². The second kappa shape index (κ2) is 6.20. The van der Waals surface area contributed by atoms with Gasteiger partial charge in [0, 0.05) is 12.1 Å². The Hall–Kier alpha value is -0.980. The Labute approximate surface area is 119 Å². The Balaban J connectivity index is 2.34. The molecule has 1 aromatic rings. The Bertz CT molecular complexity index is 559. The molecule has 1 aliphatic heterocycles. The van der Waals surface area contributed by atoms with Crippen molar-refractivity contribution in [3.8, 4) is 0 Å². The number of ether oxygens (including phenoxy) is 1. The number of hydrogen-bond acceptors (Lipinski definition) is 3. The van der Waals surface area contributed by atoms with Crippen LogP contribution in [-0.4, -0.2) is 37.7 Å². The number of nitrogens with zero attached hydrogens (tertiary/aromatic N) is 1. The summed E-state index contributed by atoms with van der Waals surface area (Å²) in [6, 6.07) is 6.01. The molecular formula is C14H20FNO3S. The summed E-state index contributed by atoms with van der Waals surface area (Å²) in [6.07, 6.45) is 0. The van der Waals surface area contributed by atoms with Crippen LogP contribution in [0.3, 0.4) is 0 Å². The van der Waals surface area contributed by atoms with Crippen molar-refractivity contribution in [3.63, 3.8) is 0 Å². The lowest BCUT2D eigenvalue weighted by molar-refractivity contribution is 0.0899. The standard InChI is InChI=1S/C14H20FNO3S/c1-11(2)14-10-19-7-8-20(17,18)16(14)9-12-5-3-4-6-13(12)15/h3-6,11,14H,7-10H2,1-2H3/t14-/m1/s1. The number of sulfonamides is 1. The molecule has 0 amide bonds. The van der Waals surface area contributed by atoms with Gasteiger partial charge in [-0.3, -0.25) is 0 Å². The lowest BCUT2D eigenvalue weighted by Crippen LogP contribution is -2.44. The normalized spacial score (nSPS) is 23.7. The van der Waals surface area contributed by atoms with Gasteiger partial charge in [-0.05, 0) is 12.0 Å². The Morgan fingerprint density at radius 3 is 2.75 bits per heavy atom. The molecule has 0 radical (unpaired) electrons. The number of benzene rings is 1. The molecule has 112 valence electrons. The molecule has 1 heterocycles. The van der Waals surface area contributed by atoms with Crippen LogP contribution in [0.5, 0.6) is 0 Å². The predicted molar refractivity (Wildman–Crippen MR) is 75.2 cm³/mol. The molecule has 0 saturated carbocycles. The van der Waals surface area contributed by atoms with Crippen molar-refractivity contribution in [2.45, 2.75) is 26.4 Å². The summed E-state index contributed by atoms with van der Waals surface area (Å²) < 4.78 is 45.3. The van der Waals surface area contributed by atoms with Gasteiger partial charge in [-0.2, -0.15) is 4.31 Å². The van der Waals surface area contributed by atoms with Gasteiger partial charge in [0.05, 0.1) is 25.0 Å². The Kier molecular flexibility index (Phi) is 4.78. The van der Waals surface area contributed by atoms with Crippen LogP contribution in [0.15, 0.2) is 24.3 Å². The molecule has 4 nitrogen and oxygen atoms in total. The van der Waals surface area contributed by atoms with E-state index in [-0.39, 0.29) is 36.7 Å². The third kappa shape index (κ3) is 3.37. The Morgan fingerprint density at radius 2 is 2.10 bits per heavy atom. The lowest BCUT2D eigenvalue weighted by atomic mass is 10.0. The fraction of sp³-hybridized carbons (Fsp3) is 0.571. The van der Waals surface area contributed by atoms with Gasteiger partial charge in [0.1, 0.15) is 5.82 Å². The summed E-state index contributed by atoms with van der Waals surface area (Å²) in [7, 11) is -3.43. The highest BCUT2D eigenvalue weighted by molar-refractivity contribution is 7.89. The molecule has 0 aliphatic carbocycles. The second-order valence-electron chi connectivity index (χ2n) is 5.34. The minimum Gasteiger partial charge on any atom is -0.379 e. The molecule has 20 heavy (non-hydrogen) atoms. The summed E-state index contributed by atoms with van der Waals surface area (Å²) in [5, 5.41) is 0. The average Bonchev–Trinajstić information content (AvgIpc) is 2.52. The van der Waals surface area contributed by atoms with E-state index in [4.69, 9.17) is 4.74 Å². The highest BCUT2D eigenvalue weighted by atomic mass is 32.2. The van der Waals surface area contributed by atoms with E-state index in [1.165, 1.54) is 10.4 Å². The first-order chi connectivity index (χ1) is 9.42. The molecule has 1 aliphatic rings. The van der Waals surface area contributed by atoms with Crippen molar-refractivity contribution < 1.29 is 17.5 Å². The minimum absolute atomic E-state index is 0.0509. The van der Waals surface area contributed by atoms with Crippen LogP contribution in [0.25, 0.3) is 0 Å². The fourth-order valence-electron chi connectivity index (χ4n) is 2.31. The van der Waals surface area contributed by atoms with Crippen LogP contribution in [-0.2, 0) is 21.3 Å². The van der Waals surface area contributed by atoms with Crippen molar-refractivity contribution in [2.75, 3.05) is 19.0 Å². The predicted octanol–water partition coefficient (Wildman–Crippen LogP) is 2.01. The third-order valence-corrected chi connectivity index (χ3v) is 5.35. The fourth-order valence-corrected chi connectivity index (χ4v) is 3.93. The number of halogens is 1. The van der Waals surface area contributed by atoms with Gasteiger partial charge >= 0.3 is 0 Å². The van der Waals surface area contributed by atoms with Crippen LogP contribution in [0.4, 0.5) is 4.39 Å². The quantitative estimate of drug-likeness (QED) is 0.858. The summed E-state index contributed by atoms with van der Waals surface area (Å²) in [5.41, 5.74) is 0.392. The van der Waals surface area contributed by atoms with E-state index in [1.54, 1.807) is 18.2 Å². The van der Waals surface area contributed by atoms with E-state index < -0.39 is 10.0 Å². The molecule has 0 aromatic heterocycles. The molecule has 1 saturated heterocycles. The summed E-state index contributed by atoms with van der Waals surface area (Å²) in [5.74, 6) is -0.324. The van der Waals surface area contributed by atoms with E-state index in [9.17, 15) is 12.8 Å². The maximum Gasteiger partial charge on any atom is 0.217 e. The SMILES string of the molecule is CC(C)[C@H]1COCCS(=O)(=O)N1Cc1ccccc1F. The zero-order chi connectivity index (χ0) is 14.8. The van der Waals surface area contributed by atoms with Crippen LogP contribution < -0.4 is 0 Å². The van der Waals surface area contributed by atoms with Gasteiger partial charge in [-0.15, -0.1) is 0 Å². The van der Waals surface area contributed by atoms with E-state index in [0.29, 0.717) is 12.2 Å². The highest BCUT2D eigenvalue weighted by Crippen LogP contribution is 2.23. The topological polar surface area (TPSA) is 46.6 Å². The van der Waals surface area contributed by atoms with Crippen molar-refractivity contribution in [1.82, 2.24) is 4.31 Å². The van der Waals surface area contributed by atoms with Crippen molar-refractivity contribution in [1.29, 1.82) is 0 Å². The molecular weight excluding hydrogens is 281 g/mol. The van der Waals surface area contributed by atoms with E-state index >= 15 is 0 Å². The first-order valence-electron chi connectivity index (χ1n) is 6.72. The van der Waals surface area contributed by atoms with Crippen molar-refractivity contribution in [3.05, 3.63) is 35.6 Å². The van der Waals surface area contributed by atoms with Gasteiger partial charge in [0.2, 0.25) is 10.0 Å². The molecule has 0 bridgehead atoms. The molecule has 0 unspecified atom stereocenters. The molecule has 6 heteroatoms. The van der Waals surface area contributed by atoms with Gasteiger partial charge in [-0.25, -0.2) is 12.8 Å². The maximum atomic E-state index is 13.8. The van der Waals surface area contributed by atoms with Gasteiger partial charge < -0.3 is 4.74 Å². The Morgan fingerprint density at radius 1 is 1.40 bits per heavy atom. The van der Waals surface area contributed by atoms with Gasteiger partial charge in [0.25, 0.3) is 0 Å². The number of rotatable bonds is 3. The smallest absolute Gasteiger partial charge is 0.217 e. The van der Waals surface area contributed by atoms with E-state index in [2.05, 4.69) is 0 Å². The van der Waals surface area contributed by atoms with Gasteiger partial charge in [0.15, 0.2) is 0 Å². The molecule has 1 aromatic carbocycles. The molecule has 0 N–H and O–H groups in total. The molecule has 1 atom stereocenters. The van der Waals surface area contributed by atoms with E-state index in [0.717, 1.165) is 0 Å². The van der Waals surface area contributed by atoms with Gasteiger partial charge in [-0.1, -0.05) is 32.0 Å². The molecule has 0 spiro atoms. The summed E-state index contributed by atoms with van der Waals surface area (Å²) in [4.78, 5) is 0. The summed E-state index contributed by atoms with van der Waals surface area (Å²) in [6.45, 7) is 4.50.